The fourth-order valence-corrected chi connectivity index (χ4v) is 2.92. The number of benzene rings is 1. The summed E-state index contributed by atoms with van der Waals surface area (Å²) in [6.07, 6.45) is 1.52. The normalized spacial score (nSPS) is 34.0. The molecule has 5 atom stereocenters. The summed E-state index contributed by atoms with van der Waals surface area (Å²) in [6, 6.07) is 9.94. The minimum absolute atomic E-state index is 0.0586. The molecule has 0 spiro atoms. The third-order valence-corrected chi connectivity index (χ3v) is 4.13. The zero-order chi connectivity index (χ0) is 14.8. The van der Waals surface area contributed by atoms with Gasteiger partial charge in [-0.05, 0) is 12.5 Å². The van der Waals surface area contributed by atoms with Gasteiger partial charge in [0.05, 0.1) is 12.7 Å². The third kappa shape index (κ3) is 3.04. The molecule has 0 aliphatic carbocycles. The Kier molecular flexibility index (Phi) is 4.40. The second-order valence-corrected chi connectivity index (χ2v) is 5.84. The standard InChI is InChI=1S/C17H22O4/c1-11-8-14-15(20-16(11)12(2)9-18)10-19-17(21-14)13-6-4-3-5-7-13/h3-8,12,14-18H,9-10H2,1-2H3/t12-,14-,15+,16-,17+/m0/s1. The number of rotatable bonds is 3. The highest BCUT2D eigenvalue weighted by molar-refractivity contribution is 5.19. The van der Waals surface area contributed by atoms with Crippen molar-refractivity contribution in [3.8, 4) is 0 Å². The molecule has 0 saturated carbocycles. The van der Waals surface area contributed by atoms with Crippen molar-refractivity contribution in [3.05, 3.63) is 47.5 Å². The molecule has 3 rings (SSSR count). The first-order chi connectivity index (χ1) is 10.2. The van der Waals surface area contributed by atoms with Gasteiger partial charge >= 0.3 is 0 Å². The predicted octanol–water partition coefficient (Wildman–Crippen LogP) is 2.44. The van der Waals surface area contributed by atoms with Gasteiger partial charge in [0.15, 0.2) is 6.29 Å². The van der Waals surface area contributed by atoms with Crippen LogP contribution in [0.15, 0.2) is 42.0 Å². The first kappa shape index (κ1) is 14.7. The van der Waals surface area contributed by atoms with Crippen molar-refractivity contribution < 1.29 is 19.3 Å². The van der Waals surface area contributed by atoms with Crippen LogP contribution in [0, 0.1) is 5.92 Å². The van der Waals surface area contributed by atoms with Crippen LogP contribution in [0.4, 0.5) is 0 Å². The molecule has 21 heavy (non-hydrogen) atoms. The average molecular weight is 290 g/mol. The molecule has 1 fully saturated rings. The molecule has 0 aromatic heterocycles. The van der Waals surface area contributed by atoms with Gasteiger partial charge in [0.25, 0.3) is 0 Å². The van der Waals surface area contributed by atoms with Crippen molar-refractivity contribution in [2.24, 2.45) is 5.92 Å². The van der Waals surface area contributed by atoms with Crippen LogP contribution in [-0.2, 0) is 14.2 Å². The Labute approximate surface area is 125 Å². The molecule has 0 radical (unpaired) electrons. The number of hydrogen-bond donors (Lipinski definition) is 1. The summed E-state index contributed by atoms with van der Waals surface area (Å²) in [4.78, 5) is 0. The Morgan fingerprint density at radius 3 is 2.71 bits per heavy atom. The molecule has 1 aromatic carbocycles. The van der Waals surface area contributed by atoms with E-state index in [4.69, 9.17) is 14.2 Å². The van der Waals surface area contributed by atoms with Crippen LogP contribution >= 0.6 is 0 Å². The van der Waals surface area contributed by atoms with E-state index in [0.717, 1.165) is 11.1 Å². The Morgan fingerprint density at radius 2 is 2.00 bits per heavy atom. The van der Waals surface area contributed by atoms with Gasteiger partial charge < -0.3 is 19.3 Å². The van der Waals surface area contributed by atoms with E-state index in [2.05, 4.69) is 6.08 Å². The maximum atomic E-state index is 9.32. The molecule has 1 saturated heterocycles. The summed E-state index contributed by atoms with van der Waals surface area (Å²) in [5.41, 5.74) is 2.14. The second-order valence-electron chi connectivity index (χ2n) is 5.84. The number of fused-ring (bicyclic) bond motifs is 1. The van der Waals surface area contributed by atoms with Crippen molar-refractivity contribution in [1.29, 1.82) is 0 Å². The number of ether oxygens (including phenoxy) is 3. The summed E-state index contributed by atoms with van der Waals surface area (Å²) in [7, 11) is 0. The Morgan fingerprint density at radius 1 is 1.24 bits per heavy atom. The largest absolute Gasteiger partial charge is 0.396 e. The summed E-state index contributed by atoms with van der Waals surface area (Å²) in [5.74, 6) is 0.0778. The first-order valence-electron chi connectivity index (χ1n) is 7.45. The van der Waals surface area contributed by atoms with Gasteiger partial charge in [-0.15, -0.1) is 0 Å². The van der Waals surface area contributed by atoms with Crippen LogP contribution in [0.5, 0.6) is 0 Å². The van der Waals surface area contributed by atoms with E-state index >= 15 is 0 Å². The smallest absolute Gasteiger partial charge is 0.184 e. The van der Waals surface area contributed by atoms with E-state index in [9.17, 15) is 5.11 Å². The van der Waals surface area contributed by atoms with Gasteiger partial charge in [0.2, 0.25) is 0 Å². The minimum atomic E-state index is -0.341. The van der Waals surface area contributed by atoms with Gasteiger partial charge in [0, 0.05) is 18.1 Å². The van der Waals surface area contributed by atoms with Crippen LogP contribution in [0.1, 0.15) is 25.7 Å². The van der Waals surface area contributed by atoms with Crippen LogP contribution in [0.25, 0.3) is 0 Å². The highest BCUT2D eigenvalue weighted by Gasteiger charge is 2.38. The number of aliphatic hydroxyl groups is 1. The van der Waals surface area contributed by atoms with E-state index in [0.29, 0.717) is 6.61 Å². The van der Waals surface area contributed by atoms with Crippen molar-refractivity contribution in [1.82, 2.24) is 0 Å². The Balaban J connectivity index is 1.74. The van der Waals surface area contributed by atoms with Crippen molar-refractivity contribution in [2.45, 2.75) is 38.4 Å². The molecule has 2 aliphatic heterocycles. The monoisotopic (exact) mass is 290 g/mol. The predicted molar refractivity (Wildman–Crippen MR) is 78.7 cm³/mol. The van der Waals surface area contributed by atoms with Crippen molar-refractivity contribution >= 4 is 0 Å². The second kappa shape index (κ2) is 6.28. The highest BCUT2D eigenvalue weighted by atomic mass is 16.7. The molecule has 114 valence electrons. The summed E-state index contributed by atoms with van der Waals surface area (Å²) in [6.45, 7) is 4.63. The molecule has 1 N–H and O–H groups in total. The number of aliphatic hydroxyl groups excluding tert-OH is 1. The van der Waals surface area contributed by atoms with Gasteiger partial charge in [-0.1, -0.05) is 43.3 Å². The first-order valence-corrected chi connectivity index (χ1v) is 7.45. The maximum absolute atomic E-state index is 9.32. The summed E-state index contributed by atoms with van der Waals surface area (Å²) < 4.78 is 17.9. The summed E-state index contributed by atoms with van der Waals surface area (Å²) >= 11 is 0. The van der Waals surface area contributed by atoms with Gasteiger partial charge in [-0.25, -0.2) is 0 Å². The van der Waals surface area contributed by atoms with Crippen molar-refractivity contribution in [2.75, 3.05) is 13.2 Å². The van der Waals surface area contributed by atoms with E-state index in [1.807, 2.05) is 44.2 Å². The topological polar surface area (TPSA) is 47.9 Å². The lowest BCUT2D eigenvalue weighted by Gasteiger charge is -2.42. The molecule has 0 amide bonds. The average Bonchev–Trinajstić information content (AvgIpc) is 2.53. The Bertz CT molecular complexity index is 499. The molecule has 2 heterocycles. The molecular formula is C17H22O4. The lowest BCUT2D eigenvalue weighted by Crippen LogP contribution is -2.48. The quantitative estimate of drug-likeness (QED) is 0.869. The molecule has 4 heteroatoms. The van der Waals surface area contributed by atoms with Gasteiger partial charge in [0.1, 0.15) is 12.2 Å². The van der Waals surface area contributed by atoms with E-state index < -0.39 is 0 Å². The lowest BCUT2D eigenvalue weighted by molar-refractivity contribution is -0.266. The van der Waals surface area contributed by atoms with Crippen LogP contribution < -0.4 is 0 Å². The summed E-state index contributed by atoms with van der Waals surface area (Å²) in [5, 5.41) is 9.32. The zero-order valence-corrected chi connectivity index (χ0v) is 12.4. The molecule has 2 aliphatic rings. The fourth-order valence-electron chi connectivity index (χ4n) is 2.92. The van der Waals surface area contributed by atoms with Gasteiger partial charge in [-0.2, -0.15) is 0 Å². The van der Waals surface area contributed by atoms with Crippen LogP contribution in [-0.4, -0.2) is 36.6 Å². The van der Waals surface area contributed by atoms with Crippen molar-refractivity contribution in [3.63, 3.8) is 0 Å². The fraction of sp³-hybridized carbons (Fsp3) is 0.529. The zero-order valence-electron chi connectivity index (χ0n) is 12.4. The SMILES string of the molecule is CC1=C[C@@H]2O[C@H](c3ccccc3)OC[C@H]2O[C@@H]1[C@@H](C)CO. The highest BCUT2D eigenvalue weighted by Crippen LogP contribution is 2.34. The van der Waals surface area contributed by atoms with E-state index in [1.54, 1.807) is 0 Å². The maximum Gasteiger partial charge on any atom is 0.184 e. The van der Waals surface area contributed by atoms with E-state index in [-0.39, 0.29) is 37.1 Å². The minimum Gasteiger partial charge on any atom is -0.396 e. The van der Waals surface area contributed by atoms with E-state index in [1.165, 1.54) is 0 Å². The number of hydrogen-bond acceptors (Lipinski definition) is 4. The third-order valence-electron chi connectivity index (χ3n) is 4.13. The molecule has 4 nitrogen and oxygen atoms in total. The Hall–Kier alpha value is -1.20. The molecular weight excluding hydrogens is 268 g/mol. The van der Waals surface area contributed by atoms with Crippen LogP contribution in [0.2, 0.25) is 0 Å². The molecule has 0 bridgehead atoms. The molecule has 0 unspecified atom stereocenters. The van der Waals surface area contributed by atoms with Gasteiger partial charge in [-0.3, -0.25) is 0 Å². The lowest BCUT2D eigenvalue weighted by atomic mass is 9.93. The van der Waals surface area contributed by atoms with Crippen LogP contribution in [0.3, 0.4) is 0 Å². The molecule has 1 aromatic rings.